The second-order valence-corrected chi connectivity index (χ2v) is 22.5. The van der Waals surface area contributed by atoms with Crippen molar-refractivity contribution in [2.75, 3.05) is 19.8 Å². The van der Waals surface area contributed by atoms with Gasteiger partial charge < -0.3 is 65.1 Å². The Hall–Kier alpha value is -2.57. The number of hydrogen-bond acceptors (Lipinski definition) is 13. The summed E-state index contributed by atoms with van der Waals surface area (Å²) >= 11 is 0. The SMILES string of the molecule is CC/C=C\C/C=C\C/C=C\C/C=C\C/C=C\C/C=C\CCCCCCCCCCCCCCCCCCCCC(=O)NC(COC1OC(CO)C(OC2OC(CO)C(O)C(O)C2O)C(O)C1O)C(O)CCCCCCCCCCC. The van der Waals surface area contributed by atoms with Crippen LogP contribution in [0.25, 0.3) is 0 Å². The van der Waals surface area contributed by atoms with E-state index >= 15 is 0 Å². The Balaban J connectivity index is 1.55. The van der Waals surface area contributed by atoms with Gasteiger partial charge in [0, 0.05) is 6.42 Å². The Labute approximate surface area is 485 Å². The van der Waals surface area contributed by atoms with Gasteiger partial charge in [0.05, 0.1) is 32.0 Å². The first-order chi connectivity index (χ1) is 39.1. The maximum absolute atomic E-state index is 13.2. The predicted octanol–water partition coefficient (Wildman–Crippen LogP) is 11.9. The molecule has 9 N–H and O–H groups in total. The van der Waals surface area contributed by atoms with Crippen molar-refractivity contribution in [2.45, 2.75) is 319 Å². The Morgan fingerprint density at radius 2 is 0.863 bits per heavy atom. The minimum atomic E-state index is -1.78. The molecule has 2 fully saturated rings. The summed E-state index contributed by atoms with van der Waals surface area (Å²) in [5, 5.41) is 87.0. The van der Waals surface area contributed by atoms with E-state index in [1.54, 1.807) is 0 Å². The quantitative estimate of drug-likeness (QED) is 0.0204. The molecule has 0 saturated carbocycles. The molecule has 464 valence electrons. The summed E-state index contributed by atoms with van der Waals surface area (Å²) in [6, 6.07) is -0.828. The van der Waals surface area contributed by atoms with Crippen LogP contribution in [0.5, 0.6) is 0 Å². The van der Waals surface area contributed by atoms with Gasteiger partial charge in [-0.2, -0.15) is 0 Å². The number of allylic oxidation sites excluding steroid dienone is 12. The first kappa shape index (κ1) is 73.5. The lowest BCUT2D eigenvalue weighted by atomic mass is 9.97. The largest absolute Gasteiger partial charge is 0.394 e. The Bertz CT molecular complexity index is 1620. The van der Waals surface area contributed by atoms with Gasteiger partial charge in [-0.1, -0.05) is 247 Å². The van der Waals surface area contributed by atoms with E-state index in [1.165, 1.54) is 128 Å². The van der Waals surface area contributed by atoms with Gasteiger partial charge in [-0.3, -0.25) is 4.79 Å². The number of unbranched alkanes of at least 4 members (excludes halogenated alkanes) is 26. The van der Waals surface area contributed by atoms with E-state index in [0.717, 1.165) is 89.9 Å². The zero-order valence-electron chi connectivity index (χ0n) is 50.1. The number of carbonyl (C=O) groups excluding carboxylic acids is 1. The van der Waals surface area contributed by atoms with Crippen LogP contribution in [0.4, 0.5) is 0 Å². The minimum Gasteiger partial charge on any atom is -0.394 e. The minimum absolute atomic E-state index is 0.209. The molecule has 0 aliphatic carbocycles. The van der Waals surface area contributed by atoms with Crippen LogP contribution >= 0.6 is 0 Å². The van der Waals surface area contributed by atoms with Crippen molar-refractivity contribution in [1.29, 1.82) is 0 Å². The molecule has 0 bridgehead atoms. The van der Waals surface area contributed by atoms with Crippen molar-refractivity contribution in [3.63, 3.8) is 0 Å². The van der Waals surface area contributed by atoms with E-state index < -0.39 is 86.8 Å². The van der Waals surface area contributed by atoms with Crippen LogP contribution in [0.3, 0.4) is 0 Å². The summed E-state index contributed by atoms with van der Waals surface area (Å²) in [6.07, 6.45) is 50.9. The molecule has 80 heavy (non-hydrogen) atoms. The number of aliphatic hydroxyl groups is 8. The molecule has 2 rings (SSSR count). The molecule has 0 radical (unpaired) electrons. The van der Waals surface area contributed by atoms with Crippen LogP contribution in [-0.4, -0.2) is 140 Å². The molecule has 14 heteroatoms. The van der Waals surface area contributed by atoms with E-state index in [1.807, 2.05) is 0 Å². The van der Waals surface area contributed by atoms with Crippen molar-refractivity contribution in [1.82, 2.24) is 5.32 Å². The number of hydrogen-bond donors (Lipinski definition) is 9. The summed E-state index contributed by atoms with van der Waals surface area (Å²) in [5.41, 5.74) is 0. The third kappa shape index (κ3) is 35.5. The number of aliphatic hydroxyl groups excluding tert-OH is 8. The molecule has 0 spiro atoms. The fraction of sp³-hybridized carbons (Fsp3) is 0.803. The van der Waals surface area contributed by atoms with Gasteiger partial charge in [-0.15, -0.1) is 0 Å². The van der Waals surface area contributed by atoms with Crippen molar-refractivity contribution in [2.24, 2.45) is 0 Å². The van der Waals surface area contributed by atoms with Gasteiger partial charge in [-0.05, 0) is 64.2 Å². The van der Waals surface area contributed by atoms with Crippen molar-refractivity contribution >= 4 is 5.91 Å². The molecule has 1 amide bonds. The van der Waals surface area contributed by atoms with Gasteiger partial charge in [-0.25, -0.2) is 0 Å². The number of ether oxygens (including phenoxy) is 4. The van der Waals surface area contributed by atoms with E-state index in [0.29, 0.717) is 12.8 Å². The lowest BCUT2D eigenvalue weighted by Crippen LogP contribution is -2.65. The normalized spacial score (nSPS) is 24.7. The van der Waals surface area contributed by atoms with Crippen LogP contribution in [0.2, 0.25) is 0 Å². The molecule has 2 aliphatic heterocycles. The van der Waals surface area contributed by atoms with Gasteiger partial charge in [0.25, 0.3) is 0 Å². The highest BCUT2D eigenvalue weighted by molar-refractivity contribution is 5.76. The fourth-order valence-electron chi connectivity index (χ4n) is 10.3. The Morgan fingerprint density at radius 3 is 1.32 bits per heavy atom. The van der Waals surface area contributed by atoms with E-state index in [2.05, 4.69) is 92.1 Å². The van der Waals surface area contributed by atoms with E-state index in [-0.39, 0.29) is 12.5 Å². The van der Waals surface area contributed by atoms with E-state index in [4.69, 9.17) is 18.9 Å². The molecule has 12 atom stereocenters. The van der Waals surface area contributed by atoms with Crippen LogP contribution in [0.15, 0.2) is 72.9 Å². The van der Waals surface area contributed by atoms with Crippen LogP contribution in [-0.2, 0) is 23.7 Å². The topological polar surface area (TPSA) is 228 Å². The third-order valence-corrected chi connectivity index (χ3v) is 15.4. The Kier molecular flexibility index (Phi) is 46.8. The second kappa shape index (κ2) is 50.9. The van der Waals surface area contributed by atoms with Crippen molar-refractivity contribution in [3.8, 4) is 0 Å². The zero-order chi connectivity index (χ0) is 58.1. The summed E-state index contributed by atoms with van der Waals surface area (Å²) in [7, 11) is 0. The molecule has 0 aromatic heterocycles. The first-order valence-corrected chi connectivity index (χ1v) is 32.2. The first-order valence-electron chi connectivity index (χ1n) is 32.2. The molecule has 0 aromatic rings. The number of carbonyl (C=O) groups is 1. The maximum Gasteiger partial charge on any atom is 0.220 e. The third-order valence-electron chi connectivity index (χ3n) is 15.4. The van der Waals surface area contributed by atoms with Crippen LogP contribution < -0.4 is 5.32 Å². The molecule has 14 nitrogen and oxygen atoms in total. The number of nitrogens with one attached hydrogen (secondary N) is 1. The molecule has 2 heterocycles. The maximum atomic E-state index is 13.2. The molecular weight excluding hydrogens is 1010 g/mol. The van der Waals surface area contributed by atoms with Crippen LogP contribution in [0.1, 0.15) is 245 Å². The molecular formula is C66H117NO13. The highest BCUT2D eigenvalue weighted by Gasteiger charge is 2.51. The zero-order valence-corrected chi connectivity index (χ0v) is 50.1. The summed E-state index contributed by atoms with van der Waals surface area (Å²) in [5.74, 6) is -0.209. The average molecular weight is 1130 g/mol. The molecule has 0 aromatic carbocycles. The van der Waals surface area contributed by atoms with Crippen molar-refractivity contribution < 1.29 is 64.6 Å². The molecule has 12 unspecified atom stereocenters. The van der Waals surface area contributed by atoms with E-state index in [9.17, 15) is 45.6 Å². The van der Waals surface area contributed by atoms with Crippen LogP contribution in [0, 0.1) is 0 Å². The summed E-state index contributed by atoms with van der Waals surface area (Å²) in [4.78, 5) is 13.2. The Morgan fingerprint density at radius 1 is 0.463 bits per heavy atom. The van der Waals surface area contributed by atoms with Gasteiger partial charge in [0.2, 0.25) is 5.91 Å². The molecule has 2 aliphatic rings. The highest BCUT2D eigenvalue weighted by atomic mass is 16.7. The molecule has 2 saturated heterocycles. The predicted molar refractivity (Wildman–Crippen MR) is 323 cm³/mol. The summed E-state index contributed by atoms with van der Waals surface area (Å²) in [6.45, 7) is 2.72. The second-order valence-electron chi connectivity index (χ2n) is 22.5. The lowest BCUT2D eigenvalue weighted by molar-refractivity contribution is -0.359. The highest BCUT2D eigenvalue weighted by Crippen LogP contribution is 2.30. The van der Waals surface area contributed by atoms with Gasteiger partial charge >= 0.3 is 0 Å². The summed E-state index contributed by atoms with van der Waals surface area (Å²) < 4.78 is 22.8. The fourth-order valence-corrected chi connectivity index (χ4v) is 10.3. The van der Waals surface area contributed by atoms with Crippen molar-refractivity contribution in [3.05, 3.63) is 72.9 Å². The lowest BCUT2D eigenvalue weighted by Gasteiger charge is -2.46. The average Bonchev–Trinajstić information content (AvgIpc) is 3.49. The standard InChI is InChI=1S/C66H117NO13/c1-3-5-7-9-11-13-14-15-16-17-18-19-20-21-22-23-24-25-26-27-28-29-30-31-32-33-34-35-36-37-38-39-40-42-44-46-48-50-58(71)67-54(55(70)49-47-45-43-41-12-10-8-6-4-2)53-77-65-63(76)61(74)64(57(52-69)79-65)80-66-62(75)60(73)59(72)56(51-68)78-66/h5,7,11,13,15-16,18-19,21-22,24-25,54-57,59-66,68-70,72-76H,3-4,6,8-10,12,14,17,20,23,26-53H2,1-2H3,(H,67,71)/b7-5-,13-11-,16-15-,19-18-,22-21-,25-24-. The number of amides is 1. The van der Waals surface area contributed by atoms with Gasteiger partial charge in [0.1, 0.15) is 48.8 Å². The monoisotopic (exact) mass is 1130 g/mol. The van der Waals surface area contributed by atoms with Gasteiger partial charge in [0.15, 0.2) is 12.6 Å². The number of rotatable bonds is 51. The smallest absolute Gasteiger partial charge is 0.220 e.